The van der Waals surface area contributed by atoms with Crippen LogP contribution in [0.5, 0.6) is 0 Å². The second-order valence-corrected chi connectivity index (χ2v) is 8.07. The van der Waals surface area contributed by atoms with Crippen LogP contribution in [0.3, 0.4) is 0 Å². The van der Waals surface area contributed by atoms with Gasteiger partial charge in [0.15, 0.2) is 0 Å². The Morgan fingerprint density at radius 2 is 1.69 bits per heavy atom. The molecule has 6 heteroatoms. The first-order chi connectivity index (χ1) is 14.0. The molecule has 3 aromatic rings. The summed E-state index contributed by atoms with van der Waals surface area (Å²) in [6.07, 6.45) is 1.88. The molecule has 0 bridgehead atoms. The zero-order valence-electron chi connectivity index (χ0n) is 16.8. The summed E-state index contributed by atoms with van der Waals surface area (Å²) < 4.78 is 0. The Bertz CT molecular complexity index is 918. The first kappa shape index (κ1) is 20.9. The summed E-state index contributed by atoms with van der Waals surface area (Å²) in [7, 11) is 4.24. The minimum absolute atomic E-state index is 0.331. The van der Waals surface area contributed by atoms with Crippen LogP contribution < -0.4 is 4.90 Å². The average Bonchev–Trinajstić information content (AvgIpc) is 2.74. The lowest BCUT2D eigenvalue weighted by atomic mass is 10.2. The van der Waals surface area contributed by atoms with Gasteiger partial charge in [-0.1, -0.05) is 42.1 Å². The maximum absolute atomic E-state index is 10.2. The lowest BCUT2D eigenvalue weighted by Crippen LogP contribution is -2.37. The van der Waals surface area contributed by atoms with Crippen molar-refractivity contribution in [2.75, 3.05) is 25.5 Å². The van der Waals surface area contributed by atoms with E-state index in [2.05, 4.69) is 66.1 Å². The highest BCUT2D eigenvalue weighted by Crippen LogP contribution is 2.46. The molecule has 1 unspecified atom stereocenters. The number of hydrogen-bond acceptors (Lipinski definition) is 5. The Kier molecular flexibility index (Phi) is 6.90. The van der Waals surface area contributed by atoms with Gasteiger partial charge in [-0.2, -0.15) is 0 Å². The predicted octanol–water partition coefficient (Wildman–Crippen LogP) is 5.02. The normalized spacial score (nSPS) is 13.0. The Hall–Kier alpha value is -2.83. The van der Waals surface area contributed by atoms with Gasteiger partial charge in [0.2, 0.25) is 0 Å². The number of nitrogens with zero attached hydrogens (tertiary/aromatic N) is 3. The van der Waals surface area contributed by atoms with E-state index in [9.17, 15) is 4.79 Å². The minimum Gasteiger partial charge on any atom is -0.478 e. The van der Waals surface area contributed by atoms with E-state index in [0.29, 0.717) is 11.6 Å². The van der Waals surface area contributed by atoms with Gasteiger partial charge in [0.05, 0.1) is 16.1 Å². The lowest BCUT2D eigenvalue weighted by molar-refractivity contribution is 0.0697. The summed E-state index contributed by atoms with van der Waals surface area (Å²) in [5, 5.41) is 8.38. The van der Waals surface area contributed by atoms with Gasteiger partial charge in [0, 0.05) is 23.7 Å². The van der Waals surface area contributed by atoms with Crippen LogP contribution in [-0.2, 0) is 0 Å². The number of carboxylic acid groups (broad SMARTS) is 1. The highest BCUT2D eigenvalue weighted by Gasteiger charge is 2.25. The molecule has 1 aliphatic heterocycles. The number of rotatable bonds is 4. The molecular formula is C23H25N3O2S. The first-order valence-corrected chi connectivity index (χ1v) is 10.2. The Morgan fingerprint density at radius 1 is 1.03 bits per heavy atom. The molecule has 0 saturated carbocycles. The molecule has 4 rings (SSSR count). The number of carboxylic acids is 1. The van der Waals surface area contributed by atoms with Crippen molar-refractivity contribution in [3.63, 3.8) is 0 Å². The maximum atomic E-state index is 10.2. The number of pyridine rings is 1. The van der Waals surface area contributed by atoms with E-state index in [1.54, 1.807) is 42.1 Å². The van der Waals surface area contributed by atoms with Gasteiger partial charge in [-0.3, -0.25) is 0 Å². The van der Waals surface area contributed by atoms with Crippen molar-refractivity contribution in [3.05, 3.63) is 78.5 Å². The SMILES string of the molecule is CC(CN1c2ccccc2Sc2cccnc21)N(C)C.O=C(O)c1ccccc1. The number of fused-ring (bicyclic) bond motifs is 2. The molecule has 29 heavy (non-hydrogen) atoms. The van der Waals surface area contributed by atoms with Gasteiger partial charge < -0.3 is 14.9 Å². The highest BCUT2D eigenvalue weighted by molar-refractivity contribution is 7.99. The van der Waals surface area contributed by atoms with Crippen LogP contribution >= 0.6 is 11.8 Å². The van der Waals surface area contributed by atoms with E-state index >= 15 is 0 Å². The monoisotopic (exact) mass is 407 g/mol. The zero-order chi connectivity index (χ0) is 20.8. The molecule has 0 amide bonds. The molecular weight excluding hydrogens is 382 g/mol. The molecule has 0 fully saturated rings. The van der Waals surface area contributed by atoms with Gasteiger partial charge in [-0.05, 0) is 57.4 Å². The van der Waals surface area contributed by atoms with Crippen molar-refractivity contribution in [1.29, 1.82) is 0 Å². The van der Waals surface area contributed by atoms with Crippen LogP contribution in [0.2, 0.25) is 0 Å². The molecule has 5 nitrogen and oxygen atoms in total. The molecule has 1 atom stereocenters. The fourth-order valence-electron chi connectivity index (χ4n) is 2.86. The van der Waals surface area contributed by atoms with Crippen LogP contribution in [0.1, 0.15) is 17.3 Å². The standard InChI is InChI=1S/C16H19N3S.C7H6O2/c1-12(18(2)3)11-19-13-7-4-5-8-14(13)20-15-9-6-10-17-16(15)19;8-7(9)6-4-2-1-3-5-6/h4-10,12H,11H2,1-3H3;1-5H,(H,8,9). The third-order valence-corrected chi connectivity index (χ3v) is 5.84. The summed E-state index contributed by atoms with van der Waals surface area (Å²) in [5.74, 6) is 0.195. The van der Waals surface area contributed by atoms with E-state index < -0.39 is 5.97 Å². The lowest BCUT2D eigenvalue weighted by Gasteiger charge is -2.34. The number of anilines is 2. The molecule has 0 spiro atoms. The highest BCUT2D eigenvalue weighted by atomic mass is 32.2. The number of likely N-dealkylation sites (N-methyl/N-ethyl adjacent to an activating group) is 1. The number of aromatic carboxylic acids is 1. The van der Waals surface area contributed by atoms with Crippen molar-refractivity contribution in [3.8, 4) is 0 Å². The number of para-hydroxylation sites is 1. The van der Waals surface area contributed by atoms with Crippen LogP contribution in [0.15, 0.2) is 82.7 Å². The molecule has 1 N–H and O–H groups in total. The maximum Gasteiger partial charge on any atom is 0.335 e. The molecule has 0 radical (unpaired) electrons. The van der Waals surface area contributed by atoms with E-state index in [4.69, 9.17) is 5.11 Å². The van der Waals surface area contributed by atoms with Gasteiger partial charge >= 0.3 is 5.97 Å². The largest absolute Gasteiger partial charge is 0.478 e. The molecule has 1 aliphatic rings. The van der Waals surface area contributed by atoms with Crippen molar-refractivity contribution in [2.45, 2.75) is 22.8 Å². The molecule has 0 saturated heterocycles. The van der Waals surface area contributed by atoms with Crippen LogP contribution in [0, 0.1) is 0 Å². The summed E-state index contributed by atoms with van der Waals surface area (Å²) in [6, 6.07) is 21.5. The molecule has 1 aromatic heterocycles. The zero-order valence-corrected chi connectivity index (χ0v) is 17.6. The molecule has 2 heterocycles. The number of benzene rings is 2. The van der Waals surface area contributed by atoms with E-state index in [0.717, 1.165) is 12.4 Å². The fourth-order valence-corrected chi connectivity index (χ4v) is 3.92. The number of hydrogen-bond donors (Lipinski definition) is 1. The van der Waals surface area contributed by atoms with Crippen molar-refractivity contribution in [1.82, 2.24) is 9.88 Å². The number of aromatic nitrogens is 1. The molecule has 2 aromatic carbocycles. The topological polar surface area (TPSA) is 56.7 Å². The van der Waals surface area contributed by atoms with Gasteiger partial charge in [-0.15, -0.1) is 0 Å². The van der Waals surface area contributed by atoms with E-state index in [-0.39, 0.29) is 0 Å². The minimum atomic E-state index is -0.879. The Morgan fingerprint density at radius 3 is 2.34 bits per heavy atom. The van der Waals surface area contributed by atoms with Crippen LogP contribution in [0.25, 0.3) is 0 Å². The molecule has 0 aliphatic carbocycles. The Balaban J connectivity index is 0.000000224. The predicted molar refractivity (Wildman–Crippen MR) is 118 cm³/mol. The third-order valence-electron chi connectivity index (χ3n) is 4.73. The summed E-state index contributed by atoms with van der Waals surface area (Å²) in [6.45, 7) is 3.18. The summed E-state index contributed by atoms with van der Waals surface area (Å²) in [4.78, 5) is 21.9. The van der Waals surface area contributed by atoms with Gasteiger partial charge in [-0.25, -0.2) is 9.78 Å². The summed E-state index contributed by atoms with van der Waals surface area (Å²) >= 11 is 1.80. The van der Waals surface area contributed by atoms with Crippen molar-refractivity contribution >= 4 is 29.2 Å². The fraction of sp³-hybridized carbons (Fsp3) is 0.217. The van der Waals surface area contributed by atoms with E-state index in [1.807, 2.05) is 12.3 Å². The number of carbonyl (C=O) groups is 1. The second kappa shape index (κ2) is 9.58. The quantitative estimate of drug-likeness (QED) is 0.655. The Labute approximate surface area is 176 Å². The van der Waals surface area contributed by atoms with Gasteiger partial charge in [0.25, 0.3) is 0 Å². The van der Waals surface area contributed by atoms with Crippen molar-refractivity contribution in [2.24, 2.45) is 0 Å². The van der Waals surface area contributed by atoms with E-state index in [1.165, 1.54) is 15.5 Å². The molecule has 150 valence electrons. The third kappa shape index (κ3) is 5.16. The first-order valence-electron chi connectivity index (χ1n) is 9.41. The van der Waals surface area contributed by atoms with Crippen molar-refractivity contribution < 1.29 is 9.90 Å². The van der Waals surface area contributed by atoms with Crippen LogP contribution in [-0.4, -0.2) is 47.6 Å². The summed E-state index contributed by atoms with van der Waals surface area (Å²) in [5.41, 5.74) is 1.59. The second-order valence-electron chi connectivity index (χ2n) is 6.99. The average molecular weight is 408 g/mol. The van der Waals surface area contributed by atoms with Crippen LogP contribution in [0.4, 0.5) is 11.5 Å². The van der Waals surface area contributed by atoms with Gasteiger partial charge in [0.1, 0.15) is 5.82 Å². The smallest absolute Gasteiger partial charge is 0.335 e.